The van der Waals surface area contributed by atoms with Crippen LogP contribution in [0.15, 0.2) is 5.16 Å². The van der Waals surface area contributed by atoms with E-state index in [2.05, 4.69) is 10.5 Å². The maximum atomic E-state index is 12.1. The van der Waals surface area contributed by atoms with Crippen molar-refractivity contribution in [2.24, 2.45) is 17.0 Å². The fourth-order valence-electron chi connectivity index (χ4n) is 3.24. The Bertz CT molecular complexity index is 314. The van der Waals surface area contributed by atoms with Crippen LogP contribution < -0.4 is 5.32 Å². The third kappa shape index (κ3) is 3.24. The van der Waals surface area contributed by atoms with Crippen LogP contribution in [0.5, 0.6) is 0 Å². The molecule has 2 fully saturated rings. The van der Waals surface area contributed by atoms with Crippen molar-refractivity contribution in [3.8, 4) is 0 Å². The molecule has 4 heteroatoms. The number of rotatable bonds is 3. The summed E-state index contributed by atoms with van der Waals surface area (Å²) in [4.78, 5) is 12.1. The molecule has 0 spiro atoms. The number of hydrogen-bond donors (Lipinski definition) is 2. The highest BCUT2D eigenvalue weighted by Gasteiger charge is 2.29. The lowest BCUT2D eigenvalue weighted by molar-refractivity contribution is -0.126. The number of carbonyl (C=O) groups is 1. The van der Waals surface area contributed by atoms with Crippen molar-refractivity contribution in [3.63, 3.8) is 0 Å². The molecule has 18 heavy (non-hydrogen) atoms. The highest BCUT2D eigenvalue weighted by Crippen LogP contribution is 2.30. The summed E-state index contributed by atoms with van der Waals surface area (Å²) in [7, 11) is 0. The van der Waals surface area contributed by atoms with Gasteiger partial charge in [-0.15, -0.1) is 0 Å². The lowest BCUT2D eigenvalue weighted by atomic mass is 9.79. The summed E-state index contributed by atoms with van der Waals surface area (Å²) >= 11 is 0. The molecular formula is C14H24N2O2. The molecule has 0 atom stereocenters. The number of nitrogens with one attached hydrogen (secondary N) is 1. The first-order chi connectivity index (χ1) is 8.70. The van der Waals surface area contributed by atoms with E-state index in [0.29, 0.717) is 12.0 Å². The van der Waals surface area contributed by atoms with Crippen molar-refractivity contribution in [3.05, 3.63) is 0 Å². The number of carbonyl (C=O) groups excluding carboxylic acids is 1. The van der Waals surface area contributed by atoms with E-state index in [-0.39, 0.29) is 11.8 Å². The van der Waals surface area contributed by atoms with Crippen molar-refractivity contribution in [2.45, 2.75) is 64.3 Å². The minimum Gasteiger partial charge on any atom is -0.411 e. The molecule has 1 amide bonds. The first kappa shape index (κ1) is 13.4. The average Bonchev–Trinajstić information content (AvgIpc) is 2.91. The topological polar surface area (TPSA) is 61.7 Å². The monoisotopic (exact) mass is 252 g/mol. The standard InChI is InChI=1S/C14H24N2O2/c1-10(16-18)11-6-8-12(9-7-11)14(17)15-13-4-2-3-5-13/h11-13,18H,2-9H2,1H3,(H,15,17)/b16-10+. The lowest BCUT2D eigenvalue weighted by Crippen LogP contribution is -2.39. The number of nitrogens with zero attached hydrogens (tertiary/aromatic N) is 1. The highest BCUT2D eigenvalue weighted by molar-refractivity contribution is 5.84. The van der Waals surface area contributed by atoms with Crippen LogP contribution in [0.4, 0.5) is 0 Å². The van der Waals surface area contributed by atoms with E-state index in [1.54, 1.807) is 0 Å². The number of amides is 1. The van der Waals surface area contributed by atoms with Crippen LogP contribution in [0.1, 0.15) is 58.3 Å². The van der Waals surface area contributed by atoms with Crippen LogP contribution in [0.3, 0.4) is 0 Å². The largest absolute Gasteiger partial charge is 0.411 e. The molecule has 2 aliphatic rings. The van der Waals surface area contributed by atoms with Crippen molar-refractivity contribution in [2.75, 3.05) is 0 Å². The van der Waals surface area contributed by atoms with Crippen LogP contribution in [0.25, 0.3) is 0 Å². The molecule has 0 bridgehead atoms. The Morgan fingerprint density at radius 3 is 2.17 bits per heavy atom. The molecule has 0 saturated heterocycles. The summed E-state index contributed by atoms with van der Waals surface area (Å²) < 4.78 is 0. The van der Waals surface area contributed by atoms with E-state index in [4.69, 9.17) is 5.21 Å². The Balaban J connectivity index is 1.76. The molecule has 2 aliphatic carbocycles. The minimum absolute atomic E-state index is 0.174. The van der Waals surface area contributed by atoms with Gasteiger partial charge < -0.3 is 10.5 Å². The van der Waals surface area contributed by atoms with E-state index in [0.717, 1.165) is 44.2 Å². The normalized spacial score (nSPS) is 30.4. The molecule has 4 nitrogen and oxygen atoms in total. The molecule has 2 saturated carbocycles. The Morgan fingerprint density at radius 2 is 1.61 bits per heavy atom. The van der Waals surface area contributed by atoms with Gasteiger partial charge in [-0.2, -0.15) is 0 Å². The maximum Gasteiger partial charge on any atom is 0.223 e. The fraction of sp³-hybridized carbons (Fsp3) is 0.857. The first-order valence-electron chi connectivity index (χ1n) is 7.19. The Labute approximate surface area is 109 Å². The SMILES string of the molecule is C/C(=N\O)C1CCC(C(=O)NC2CCCC2)CC1. The Kier molecular flexibility index (Phi) is 4.61. The van der Waals surface area contributed by atoms with Gasteiger partial charge in [-0.05, 0) is 45.4 Å². The Hall–Kier alpha value is -1.06. The number of hydrogen-bond acceptors (Lipinski definition) is 3. The number of oxime groups is 1. The van der Waals surface area contributed by atoms with Crippen LogP contribution in [0.2, 0.25) is 0 Å². The van der Waals surface area contributed by atoms with Crippen LogP contribution in [-0.2, 0) is 4.79 Å². The van der Waals surface area contributed by atoms with Gasteiger partial charge in [0, 0.05) is 17.9 Å². The molecule has 0 unspecified atom stereocenters. The molecule has 0 aromatic rings. The molecule has 0 aliphatic heterocycles. The van der Waals surface area contributed by atoms with Crippen molar-refractivity contribution in [1.29, 1.82) is 0 Å². The molecule has 2 rings (SSSR count). The predicted molar refractivity (Wildman–Crippen MR) is 70.7 cm³/mol. The highest BCUT2D eigenvalue weighted by atomic mass is 16.4. The zero-order valence-electron chi connectivity index (χ0n) is 11.2. The van der Waals surface area contributed by atoms with E-state index >= 15 is 0 Å². The second kappa shape index (κ2) is 6.21. The summed E-state index contributed by atoms with van der Waals surface area (Å²) in [6.07, 6.45) is 8.60. The van der Waals surface area contributed by atoms with Crippen molar-refractivity contribution in [1.82, 2.24) is 5.32 Å². The maximum absolute atomic E-state index is 12.1. The predicted octanol–water partition coefficient (Wildman–Crippen LogP) is 2.70. The lowest BCUT2D eigenvalue weighted by Gasteiger charge is -2.28. The zero-order valence-corrected chi connectivity index (χ0v) is 11.2. The molecule has 0 radical (unpaired) electrons. The van der Waals surface area contributed by atoms with Gasteiger partial charge in [-0.25, -0.2) is 0 Å². The minimum atomic E-state index is 0.174. The molecular weight excluding hydrogens is 228 g/mol. The summed E-state index contributed by atoms with van der Waals surface area (Å²) in [6.45, 7) is 1.86. The molecule has 102 valence electrons. The first-order valence-corrected chi connectivity index (χ1v) is 7.19. The summed E-state index contributed by atoms with van der Waals surface area (Å²) in [5.74, 6) is 0.790. The molecule has 0 aromatic heterocycles. The van der Waals surface area contributed by atoms with Gasteiger partial charge in [0.15, 0.2) is 0 Å². The van der Waals surface area contributed by atoms with E-state index in [9.17, 15) is 4.79 Å². The fourth-order valence-corrected chi connectivity index (χ4v) is 3.24. The molecule has 0 aromatic carbocycles. The summed E-state index contributed by atoms with van der Waals surface area (Å²) in [5.41, 5.74) is 0.810. The summed E-state index contributed by atoms with van der Waals surface area (Å²) in [5, 5.41) is 15.2. The average molecular weight is 252 g/mol. The van der Waals surface area contributed by atoms with Gasteiger partial charge in [-0.3, -0.25) is 4.79 Å². The Morgan fingerprint density at radius 1 is 1.06 bits per heavy atom. The van der Waals surface area contributed by atoms with E-state index < -0.39 is 0 Å². The smallest absolute Gasteiger partial charge is 0.223 e. The summed E-state index contributed by atoms with van der Waals surface area (Å²) in [6, 6.07) is 0.427. The molecule has 2 N–H and O–H groups in total. The van der Waals surface area contributed by atoms with Gasteiger partial charge in [0.2, 0.25) is 5.91 Å². The van der Waals surface area contributed by atoms with Crippen molar-refractivity contribution >= 4 is 11.6 Å². The zero-order chi connectivity index (χ0) is 13.0. The van der Waals surface area contributed by atoms with Gasteiger partial charge in [0.05, 0.1) is 5.71 Å². The second-order valence-corrected chi connectivity index (χ2v) is 5.78. The quantitative estimate of drug-likeness (QED) is 0.461. The van der Waals surface area contributed by atoms with Crippen LogP contribution in [-0.4, -0.2) is 22.9 Å². The van der Waals surface area contributed by atoms with Gasteiger partial charge in [0.1, 0.15) is 0 Å². The van der Waals surface area contributed by atoms with Gasteiger partial charge in [0.25, 0.3) is 0 Å². The second-order valence-electron chi connectivity index (χ2n) is 5.78. The third-order valence-electron chi connectivity index (χ3n) is 4.55. The van der Waals surface area contributed by atoms with E-state index in [1.165, 1.54) is 12.8 Å². The van der Waals surface area contributed by atoms with Crippen molar-refractivity contribution < 1.29 is 10.0 Å². The van der Waals surface area contributed by atoms with E-state index in [1.807, 2.05) is 6.92 Å². The van der Waals surface area contributed by atoms with Crippen LogP contribution in [0, 0.1) is 11.8 Å². The molecule has 0 heterocycles. The van der Waals surface area contributed by atoms with Crippen LogP contribution >= 0.6 is 0 Å². The van der Waals surface area contributed by atoms with Gasteiger partial charge >= 0.3 is 0 Å². The third-order valence-corrected chi connectivity index (χ3v) is 4.55. The van der Waals surface area contributed by atoms with Gasteiger partial charge in [-0.1, -0.05) is 18.0 Å².